The van der Waals surface area contributed by atoms with E-state index in [4.69, 9.17) is 20.9 Å². The number of amides is 1. The first kappa shape index (κ1) is 28.0. The maximum absolute atomic E-state index is 12.5. The van der Waals surface area contributed by atoms with Crippen molar-refractivity contribution in [2.45, 2.75) is 63.3 Å². The standard InChI is InChI=1S/C31H40N6O3/c1-22(33)29-25(9-8-23-5-4-6-24(19-23)31(38)35-26-10-11-26)20-37(30(29)34-21-32)27-12-14-36(15-13-27)16-18-40-28-7-2-3-17-39-28/h4-6,19-21,26-28H,1-3,7,10-18,33H2,(H2,32,34)(H,35,38). The molecule has 0 bridgehead atoms. The maximum Gasteiger partial charge on any atom is 0.251 e. The summed E-state index contributed by atoms with van der Waals surface area (Å²) in [5, 5.41) is 3.02. The molecule has 3 heterocycles. The zero-order valence-corrected chi connectivity index (χ0v) is 23.1. The SMILES string of the molecule is C=C(N)c1c(C#Cc2cccc(C(=O)NC3CC3)c2)cn(C2CCN(CCOC3CCCCO3)CC2)c1N=CN. The number of carbonyl (C=O) groups excluding carboxylic acids is 1. The molecule has 1 saturated carbocycles. The summed E-state index contributed by atoms with van der Waals surface area (Å²) in [6, 6.07) is 7.91. The molecule has 9 nitrogen and oxygen atoms in total. The normalized spacial score (nSPS) is 20.2. The van der Waals surface area contributed by atoms with Gasteiger partial charge in [-0.25, -0.2) is 4.99 Å². The monoisotopic (exact) mass is 544 g/mol. The molecule has 40 heavy (non-hydrogen) atoms. The van der Waals surface area contributed by atoms with Gasteiger partial charge in [0.15, 0.2) is 6.29 Å². The molecule has 3 fully saturated rings. The van der Waals surface area contributed by atoms with Gasteiger partial charge in [0.05, 0.1) is 24.1 Å². The first-order valence-electron chi connectivity index (χ1n) is 14.3. The Bertz CT molecular complexity index is 1290. The topological polar surface area (TPSA) is 120 Å². The van der Waals surface area contributed by atoms with Crippen molar-refractivity contribution < 1.29 is 14.3 Å². The van der Waals surface area contributed by atoms with Gasteiger partial charge in [-0.2, -0.15) is 0 Å². The van der Waals surface area contributed by atoms with Gasteiger partial charge in [0.1, 0.15) is 5.82 Å². The van der Waals surface area contributed by atoms with Crippen LogP contribution in [0.25, 0.3) is 5.70 Å². The number of likely N-dealkylation sites (tertiary alicyclic amines) is 1. The van der Waals surface area contributed by atoms with Crippen LogP contribution in [0.5, 0.6) is 0 Å². The molecule has 1 aliphatic carbocycles. The van der Waals surface area contributed by atoms with Gasteiger partial charge in [0.25, 0.3) is 5.91 Å². The molecule has 2 saturated heterocycles. The second-order valence-corrected chi connectivity index (χ2v) is 10.8. The smallest absolute Gasteiger partial charge is 0.251 e. The van der Waals surface area contributed by atoms with Crippen molar-refractivity contribution in [3.05, 3.63) is 59.3 Å². The van der Waals surface area contributed by atoms with Gasteiger partial charge in [-0.15, -0.1) is 0 Å². The number of aliphatic imine (C=N–C) groups is 1. The average molecular weight is 545 g/mol. The fourth-order valence-corrected chi connectivity index (χ4v) is 5.36. The van der Waals surface area contributed by atoms with Crippen molar-refractivity contribution in [2.24, 2.45) is 16.5 Å². The van der Waals surface area contributed by atoms with E-state index < -0.39 is 0 Å². The van der Waals surface area contributed by atoms with Gasteiger partial charge in [0, 0.05) is 61.3 Å². The van der Waals surface area contributed by atoms with Crippen molar-refractivity contribution >= 4 is 23.8 Å². The third-order valence-electron chi connectivity index (χ3n) is 7.70. The second kappa shape index (κ2) is 13.2. The highest BCUT2D eigenvalue weighted by Crippen LogP contribution is 2.35. The fourth-order valence-electron chi connectivity index (χ4n) is 5.36. The molecule has 1 atom stereocenters. The molecule has 1 unspecified atom stereocenters. The summed E-state index contributed by atoms with van der Waals surface area (Å²) < 4.78 is 13.8. The van der Waals surface area contributed by atoms with Gasteiger partial charge in [-0.3, -0.25) is 4.79 Å². The lowest BCUT2D eigenvalue weighted by molar-refractivity contribution is -0.164. The number of hydrogen-bond donors (Lipinski definition) is 3. The van der Waals surface area contributed by atoms with Gasteiger partial charge >= 0.3 is 0 Å². The van der Waals surface area contributed by atoms with Gasteiger partial charge in [-0.05, 0) is 63.1 Å². The van der Waals surface area contributed by atoms with Gasteiger partial charge in [0.2, 0.25) is 0 Å². The van der Waals surface area contributed by atoms with E-state index in [0.29, 0.717) is 35.3 Å². The molecule has 2 aliphatic heterocycles. The molecule has 5 N–H and O–H groups in total. The van der Waals surface area contributed by atoms with Crippen molar-refractivity contribution in [1.82, 2.24) is 14.8 Å². The first-order valence-corrected chi connectivity index (χ1v) is 14.3. The fraction of sp³-hybridized carbons (Fsp3) is 0.484. The van der Waals surface area contributed by atoms with Crippen molar-refractivity contribution in [3.63, 3.8) is 0 Å². The number of piperidine rings is 1. The Morgan fingerprint density at radius 1 is 1.20 bits per heavy atom. The highest BCUT2D eigenvalue weighted by molar-refractivity contribution is 5.95. The Morgan fingerprint density at radius 3 is 2.73 bits per heavy atom. The summed E-state index contributed by atoms with van der Waals surface area (Å²) in [4.78, 5) is 19.4. The van der Waals surface area contributed by atoms with Crippen LogP contribution in [0, 0.1) is 11.8 Å². The zero-order valence-electron chi connectivity index (χ0n) is 23.1. The van der Waals surface area contributed by atoms with Crippen molar-refractivity contribution in [1.29, 1.82) is 0 Å². The van der Waals surface area contributed by atoms with Crippen LogP contribution in [0.3, 0.4) is 0 Å². The van der Waals surface area contributed by atoms with Crippen LogP contribution < -0.4 is 16.8 Å². The zero-order chi connectivity index (χ0) is 27.9. The van der Waals surface area contributed by atoms with Crippen LogP contribution in [-0.2, 0) is 9.47 Å². The highest BCUT2D eigenvalue weighted by Gasteiger charge is 2.26. The van der Waals surface area contributed by atoms with E-state index in [-0.39, 0.29) is 18.2 Å². The second-order valence-electron chi connectivity index (χ2n) is 10.8. The number of carbonyl (C=O) groups is 1. The Hall–Kier alpha value is -3.58. The quantitative estimate of drug-likeness (QED) is 0.253. The third kappa shape index (κ3) is 7.13. The van der Waals surface area contributed by atoms with E-state index in [2.05, 4.69) is 38.2 Å². The molecule has 5 rings (SSSR count). The summed E-state index contributed by atoms with van der Waals surface area (Å²) in [5.74, 6) is 7.08. The predicted molar refractivity (Wildman–Crippen MR) is 157 cm³/mol. The largest absolute Gasteiger partial charge is 0.399 e. The molecular weight excluding hydrogens is 504 g/mol. The molecule has 1 amide bonds. The number of ether oxygens (including phenoxy) is 2. The third-order valence-corrected chi connectivity index (χ3v) is 7.70. The summed E-state index contributed by atoms with van der Waals surface area (Å²) in [6.07, 6.45) is 10.6. The van der Waals surface area contributed by atoms with E-state index in [9.17, 15) is 4.79 Å². The van der Waals surface area contributed by atoms with Crippen LogP contribution >= 0.6 is 0 Å². The Morgan fingerprint density at radius 2 is 2.02 bits per heavy atom. The first-order chi connectivity index (χ1) is 19.5. The molecule has 0 spiro atoms. The molecule has 9 heteroatoms. The van der Waals surface area contributed by atoms with E-state index in [0.717, 1.165) is 75.9 Å². The number of benzene rings is 1. The van der Waals surface area contributed by atoms with Crippen LogP contribution in [0.15, 0.2) is 42.0 Å². The average Bonchev–Trinajstić information content (AvgIpc) is 3.71. The van der Waals surface area contributed by atoms with Gasteiger partial charge < -0.3 is 35.7 Å². The Labute approximate surface area is 236 Å². The van der Waals surface area contributed by atoms with E-state index in [1.165, 1.54) is 12.8 Å². The molecule has 0 radical (unpaired) electrons. The van der Waals surface area contributed by atoms with Gasteiger partial charge in [-0.1, -0.05) is 24.5 Å². The number of aromatic nitrogens is 1. The minimum absolute atomic E-state index is 0.0486. The minimum atomic E-state index is -0.0619. The lowest BCUT2D eigenvalue weighted by Crippen LogP contribution is -2.37. The number of rotatable bonds is 9. The lowest BCUT2D eigenvalue weighted by atomic mass is 10.0. The Balaban J connectivity index is 1.28. The van der Waals surface area contributed by atoms with E-state index in [1.807, 2.05) is 30.5 Å². The highest BCUT2D eigenvalue weighted by atomic mass is 16.7. The molecule has 2 aromatic rings. The number of nitrogens with zero attached hydrogens (tertiary/aromatic N) is 3. The molecular formula is C31H40N6O3. The minimum Gasteiger partial charge on any atom is -0.399 e. The lowest BCUT2D eigenvalue weighted by Gasteiger charge is -2.33. The maximum atomic E-state index is 12.5. The van der Waals surface area contributed by atoms with Crippen molar-refractivity contribution in [3.8, 4) is 11.8 Å². The Kier molecular flexibility index (Phi) is 9.22. The molecule has 1 aromatic heterocycles. The van der Waals surface area contributed by atoms with E-state index in [1.54, 1.807) is 0 Å². The molecule has 1 aromatic carbocycles. The summed E-state index contributed by atoms with van der Waals surface area (Å²) >= 11 is 0. The van der Waals surface area contributed by atoms with Crippen molar-refractivity contribution in [2.75, 3.05) is 32.8 Å². The number of hydrogen-bond acceptors (Lipinski definition) is 6. The predicted octanol–water partition coefficient (Wildman–Crippen LogP) is 3.51. The van der Waals surface area contributed by atoms with E-state index >= 15 is 0 Å². The van der Waals surface area contributed by atoms with Crippen LogP contribution in [0.2, 0.25) is 0 Å². The summed E-state index contributed by atoms with van der Waals surface area (Å²) in [6.45, 7) is 8.29. The van der Waals surface area contributed by atoms with Crippen LogP contribution in [0.4, 0.5) is 5.82 Å². The molecule has 3 aliphatic rings. The van der Waals surface area contributed by atoms with Crippen LogP contribution in [0.1, 0.15) is 78.0 Å². The van der Waals surface area contributed by atoms with Crippen LogP contribution in [-0.4, -0.2) is 66.9 Å². The summed E-state index contributed by atoms with van der Waals surface area (Å²) in [5.41, 5.74) is 15.2. The molecule has 212 valence electrons. The summed E-state index contributed by atoms with van der Waals surface area (Å²) in [7, 11) is 0. The number of nitrogens with one attached hydrogen (secondary N) is 1. The number of nitrogens with two attached hydrogens (primary N) is 2.